The molecule has 3 nitrogen and oxygen atoms in total. The summed E-state index contributed by atoms with van der Waals surface area (Å²) in [6, 6.07) is 4.17. The molecule has 0 saturated heterocycles. The van der Waals surface area contributed by atoms with Gasteiger partial charge in [0.1, 0.15) is 11.5 Å². The molecule has 13 heavy (non-hydrogen) atoms. The van der Waals surface area contributed by atoms with Crippen LogP contribution in [0.3, 0.4) is 0 Å². The van der Waals surface area contributed by atoms with Gasteiger partial charge in [-0.05, 0) is 12.1 Å². The van der Waals surface area contributed by atoms with E-state index in [1.807, 2.05) is 0 Å². The molecule has 65 valence electrons. The lowest BCUT2D eigenvalue weighted by atomic mass is 10.3. The first-order valence-electron chi connectivity index (χ1n) is 3.51. The van der Waals surface area contributed by atoms with Gasteiger partial charge in [-0.1, -0.05) is 0 Å². The maximum atomic E-state index is 13.0. The average molecular weight is 180 g/mol. The maximum absolute atomic E-state index is 13.0. The van der Waals surface area contributed by atoms with Gasteiger partial charge in [-0.3, -0.25) is 0 Å². The van der Waals surface area contributed by atoms with Crippen molar-refractivity contribution in [1.82, 2.24) is 15.0 Å². The summed E-state index contributed by atoms with van der Waals surface area (Å²) in [4.78, 5) is 0.971. The zero-order valence-corrected chi connectivity index (χ0v) is 6.41. The first kappa shape index (κ1) is 7.85. The van der Waals surface area contributed by atoms with Crippen LogP contribution in [0, 0.1) is 17.7 Å². The summed E-state index contributed by atoms with van der Waals surface area (Å²) < 4.78 is 25.7. The van der Waals surface area contributed by atoms with Crippen LogP contribution in [0.2, 0.25) is 0 Å². The molecule has 0 N–H and O–H groups in total. The van der Waals surface area contributed by atoms with Gasteiger partial charge in [-0.25, -0.2) is 8.78 Å². The van der Waals surface area contributed by atoms with Crippen molar-refractivity contribution in [3.05, 3.63) is 42.2 Å². The van der Waals surface area contributed by atoms with Gasteiger partial charge in [0.25, 0.3) is 0 Å². The molecule has 0 aliphatic rings. The molecule has 0 fully saturated rings. The molecule has 0 atom stereocenters. The molecule has 1 heterocycles. The van der Waals surface area contributed by atoms with Gasteiger partial charge < -0.3 is 0 Å². The number of benzene rings is 1. The van der Waals surface area contributed by atoms with E-state index in [1.165, 1.54) is 12.4 Å². The molecular formula is C8H4F2N3. The Kier molecular flexibility index (Phi) is 1.77. The van der Waals surface area contributed by atoms with E-state index in [4.69, 9.17) is 0 Å². The lowest BCUT2D eigenvalue weighted by molar-refractivity contribution is 0.573. The summed E-state index contributed by atoms with van der Waals surface area (Å²) in [7, 11) is 0. The van der Waals surface area contributed by atoms with Crippen LogP contribution in [0.1, 0.15) is 0 Å². The highest BCUT2D eigenvalue weighted by Crippen LogP contribution is 2.11. The van der Waals surface area contributed by atoms with Gasteiger partial charge in [0.2, 0.25) is 0 Å². The highest BCUT2D eigenvalue weighted by atomic mass is 19.1. The number of hydrogen-bond acceptors (Lipinski definition) is 2. The Morgan fingerprint density at radius 3 is 2.54 bits per heavy atom. The molecule has 0 unspecified atom stereocenters. The minimum atomic E-state index is -0.645. The van der Waals surface area contributed by atoms with Crippen LogP contribution in [0.5, 0.6) is 0 Å². The van der Waals surface area contributed by atoms with E-state index >= 15 is 0 Å². The fourth-order valence-electron chi connectivity index (χ4n) is 0.916. The van der Waals surface area contributed by atoms with Crippen LogP contribution in [0.4, 0.5) is 8.78 Å². The topological polar surface area (TPSA) is 30.7 Å². The van der Waals surface area contributed by atoms with Crippen LogP contribution in [-0.2, 0) is 0 Å². The number of nitrogens with zero attached hydrogens (tertiary/aromatic N) is 3. The number of aromatic nitrogens is 3. The van der Waals surface area contributed by atoms with Gasteiger partial charge >= 0.3 is 0 Å². The summed E-state index contributed by atoms with van der Waals surface area (Å²) in [5.74, 6) is -1.26. The molecule has 2 aromatic rings. The predicted octanol–water partition coefficient (Wildman–Crippen LogP) is 1.35. The SMILES string of the molecule is Fc1[c]c(-n2nccn2)c(F)cc1. The largest absolute Gasteiger partial charge is 0.206 e. The maximum Gasteiger partial charge on any atom is 0.151 e. The van der Waals surface area contributed by atoms with Gasteiger partial charge in [0.15, 0.2) is 5.82 Å². The third-order valence-corrected chi connectivity index (χ3v) is 1.46. The van der Waals surface area contributed by atoms with E-state index in [-0.39, 0.29) is 5.69 Å². The smallest absolute Gasteiger partial charge is 0.151 e. The first-order valence-corrected chi connectivity index (χ1v) is 3.51. The van der Waals surface area contributed by atoms with Gasteiger partial charge in [-0.2, -0.15) is 10.2 Å². The number of hydrogen-bond donors (Lipinski definition) is 0. The molecule has 0 saturated carbocycles. The van der Waals surface area contributed by atoms with Gasteiger partial charge in [0, 0.05) is 0 Å². The molecule has 0 amide bonds. The third-order valence-electron chi connectivity index (χ3n) is 1.46. The van der Waals surface area contributed by atoms with Crippen LogP contribution >= 0.6 is 0 Å². The van der Waals surface area contributed by atoms with Crippen molar-refractivity contribution in [2.45, 2.75) is 0 Å². The number of rotatable bonds is 1. The zero-order valence-electron chi connectivity index (χ0n) is 6.41. The second kappa shape index (κ2) is 2.93. The molecule has 5 heteroatoms. The van der Waals surface area contributed by atoms with Crippen molar-refractivity contribution in [3.63, 3.8) is 0 Å². The third kappa shape index (κ3) is 1.40. The number of halogens is 2. The summed E-state index contributed by atoms with van der Waals surface area (Å²) in [6.45, 7) is 0. The minimum Gasteiger partial charge on any atom is -0.206 e. The van der Waals surface area contributed by atoms with Gasteiger partial charge in [-0.15, -0.1) is 4.80 Å². The van der Waals surface area contributed by atoms with E-state index in [9.17, 15) is 8.78 Å². The van der Waals surface area contributed by atoms with Crippen molar-refractivity contribution in [2.75, 3.05) is 0 Å². The Morgan fingerprint density at radius 1 is 1.15 bits per heavy atom. The predicted molar refractivity (Wildman–Crippen MR) is 40.1 cm³/mol. The summed E-state index contributed by atoms with van der Waals surface area (Å²) >= 11 is 0. The van der Waals surface area contributed by atoms with Crippen LogP contribution in [0.15, 0.2) is 24.5 Å². The quantitative estimate of drug-likeness (QED) is 0.663. The Morgan fingerprint density at radius 2 is 1.85 bits per heavy atom. The van der Waals surface area contributed by atoms with Crippen molar-refractivity contribution in [1.29, 1.82) is 0 Å². The van der Waals surface area contributed by atoms with E-state index in [1.54, 1.807) is 0 Å². The zero-order chi connectivity index (χ0) is 9.26. The Bertz CT molecular complexity index is 411. The van der Waals surface area contributed by atoms with Crippen molar-refractivity contribution >= 4 is 0 Å². The fraction of sp³-hybridized carbons (Fsp3) is 0. The first-order chi connectivity index (χ1) is 6.27. The molecule has 0 bridgehead atoms. The van der Waals surface area contributed by atoms with Crippen molar-refractivity contribution in [3.8, 4) is 5.69 Å². The second-order valence-electron chi connectivity index (χ2n) is 2.32. The second-order valence-corrected chi connectivity index (χ2v) is 2.32. The Labute approximate surface area is 72.6 Å². The minimum absolute atomic E-state index is 0.120. The molecule has 0 aliphatic heterocycles. The fourth-order valence-corrected chi connectivity index (χ4v) is 0.916. The average Bonchev–Trinajstić information content (AvgIpc) is 2.61. The molecule has 1 aromatic heterocycles. The van der Waals surface area contributed by atoms with Crippen LogP contribution < -0.4 is 0 Å². The monoisotopic (exact) mass is 180 g/mol. The van der Waals surface area contributed by atoms with E-state index in [0.29, 0.717) is 0 Å². The molecule has 1 radical (unpaired) electrons. The highest BCUT2D eigenvalue weighted by Gasteiger charge is 2.07. The van der Waals surface area contributed by atoms with E-state index in [2.05, 4.69) is 16.3 Å². The molecule has 0 aliphatic carbocycles. The summed E-state index contributed by atoms with van der Waals surface area (Å²) in [6.07, 6.45) is 2.75. The highest BCUT2D eigenvalue weighted by molar-refractivity contribution is 5.29. The van der Waals surface area contributed by atoms with Gasteiger partial charge in [0.05, 0.1) is 18.5 Å². The van der Waals surface area contributed by atoms with Crippen LogP contribution in [0.25, 0.3) is 5.69 Å². The summed E-state index contributed by atoms with van der Waals surface area (Å²) in [5.41, 5.74) is -0.120. The van der Waals surface area contributed by atoms with E-state index < -0.39 is 11.6 Å². The van der Waals surface area contributed by atoms with Crippen LogP contribution in [-0.4, -0.2) is 15.0 Å². The molecule has 0 spiro atoms. The van der Waals surface area contributed by atoms with Crippen molar-refractivity contribution in [2.24, 2.45) is 0 Å². The Balaban J connectivity index is 2.57. The van der Waals surface area contributed by atoms with E-state index in [0.717, 1.165) is 16.9 Å². The lowest BCUT2D eigenvalue weighted by Crippen LogP contribution is -2.02. The summed E-state index contributed by atoms with van der Waals surface area (Å²) in [5, 5.41) is 7.31. The molecule has 1 aromatic carbocycles. The molecular weight excluding hydrogens is 176 g/mol. The lowest BCUT2D eigenvalue weighted by Gasteiger charge is -1.99. The Hall–Kier alpha value is -1.78. The standard InChI is InChI=1S/C8H4F2N3/c9-6-1-2-7(10)8(5-6)13-11-3-4-12-13/h1-4H. The van der Waals surface area contributed by atoms with Crippen molar-refractivity contribution < 1.29 is 8.78 Å². The normalized spacial score (nSPS) is 10.3. The molecule has 2 rings (SSSR count).